The Labute approximate surface area is 177 Å². The van der Waals surface area contributed by atoms with Crippen LogP contribution >= 0.6 is 11.3 Å². The predicted octanol–water partition coefficient (Wildman–Crippen LogP) is 5.26. The molecule has 3 heterocycles. The van der Waals surface area contributed by atoms with E-state index in [9.17, 15) is 9.18 Å². The van der Waals surface area contributed by atoms with E-state index in [1.54, 1.807) is 41.9 Å². The number of imidazole rings is 1. The van der Waals surface area contributed by atoms with Gasteiger partial charge in [0.2, 0.25) is 0 Å². The maximum Gasteiger partial charge on any atom is 0.358 e. The maximum atomic E-state index is 14.6. The van der Waals surface area contributed by atoms with Crippen LogP contribution in [-0.4, -0.2) is 33.0 Å². The normalized spacial score (nSPS) is 11.2. The van der Waals surface area contributed by atoms with E-state index in [4.69, 9.17) is 4.74 Å². The number of halogens is 1. The molecule has 1 N–H and O–H groups in total. The number of aromatic nitrogens is 3. The number of fused-ring (bicyclic) bond motifs is 1. The van der Waals surface area contributed by atoms with Crippen molar-refractivity contribution in [1.82, 2.24) is 14.4 Å². The molecule has 30 heavy (non-hydrogen) atoms. The Morgan fingerprint density at radius 2 is 2.07 bits per heavy atom. The molecular formula is C22H21FN4O2S. The van der Waals surface area contributed by atoms with Crippen LogP contribution in [0.25, 0.3) is 27.2 Å². The van der Waals surface area contributed by atoms with E-state index in [1.807, 2.05) is 26.1 Å². The molecule has 0 saturated heterocycles. The van der Waals surface area contributed by atoms with Gasteiger partial charge in [0, 0.05) is 41.3 Å². The quantitative estimate of drug-likeness (QED) is 0.428. The summed E-state index contributed by atoms with van der Waals surface area (Å²) in [5.74, 6) is -0.868. The van der Waals surface area contributed by atoms with Crippen LogP contribution in [-0.2, 0) is 4.74 Å². The minimum atomic E-state index is -0.511. The molecule has 0 spiro atoms. The third kappa shape index (κ3) is 3.91. The minimum Gasteiger partial charge on any atom is -0.461 e. The summed E-state index contributed by atoms with van der Waals surface area (Å²) in [4.78, 5) is 22.0. The minimum absolute atomic E-state index is 0.179. The number of carbonyl (C=O) groups is 1. The molecule has 0 fully saturated rings. The summed E-state index contributed by atoms with van der Waals surface area (Å²) in [6.07, 6.45) is 5.25. The first-order valence-electron chi connectivity index (χ1n) is 9.63. The predicted molar refractivity (Wildman–Crippen MR) is 116 cm³/mol. The zero-order valence-electron chi connectivity index (χ0n) is 16.8. The van der Waals surface area contributed by atoms with E-state index in [0.717, 1.165) is 15.6 Å². The number of benzene rings is 1. The molecule has 8 heteroatoms. The molecule has 0 aliphatic heterocycles. The SMILES string of the molecule is CCOC(=O)c1cn2cc(-c3cnc(NC(C)C)s3)cc(-c3ccccc3F)c2n1. The average molecular weight is 425 g/mol. The molecule has 0 aliphatic carbocycles. The van der Waals surface area contributed by atoms with Gasteiger partial charge in [-0.05, 0) is 32.9 Å². The second-order valence-corrected chi connectivity index (χ2v) is 8.06. The Kier molecular flexibility index (Phi) is 5.50. The van der Waals surface area contributed by atoms with Crippen LogP contribution in [0.2, 0.25) is 0 Å². The lowest BCUT2D eigenvalue weighted by atomic mass is 10.0. The number of esters is 1. The zero-order valence-corrected chi connectivity index (χ0v) is 17.7. The van der Waals surface area contributed by atoms with Gasteiger partial charge in [-0.1, -0.05) is 29.5 Å². The Hall–Kier alpha value is -3.26. The van der Waals surface area contributed by atoms with Crippen LogP contribution in [0, 0.1) is 5.82 Å². The number of carbonyl (C=O) groups excluding carboxylic acids is 1. The summed E-state index contributed by atoms with van der Waals surface area (Å²) in [6.45, 7) is 6.09. The van der Waals surface area contributed by atoms with Crippen molar-refractivity contribution in [3.63, 3.8) is 0 Å². The van der Waals surface area contributed by atoms with Crippen molar-refractivity contribution in [2.24, 2.45) is 0 Å². The van der Waals surface area contributed by atoms with Gasteiger partial charge in [0.1, 0.15) is 11.5 Å². The zero-order chi connectivity index (χ0) is 21.3. The van der Waals surface area contributed by atoms with Crippen LogP contribution in [0.15, 0.2) is 48.9 Å². The van der Waals surface area contributed by atoms with Gasteiger partial charge in [0.15, 0.2) is 10.8 Å². The van der Waals surface area contributed by atoms with E-state index in [0.29, 0.717) is 16.8 Å². The number of thiazole rings is 1. The van der Waals surface area contributed by atoms with Crippen molar-refractivity contribution in [2.45, 2.75) is 26.8 Å². The number of ether oxygens (including phenoxy) is 1. The molecule has 0 amide bonds. The summed E-state index contributed by atoms with van der Waals surface area (Å²) in [5.41, 5.74) is 2.51. The molecule has 154 valence electrons. The standard InChI is InChI=1S/C22H21FN4O2S/c1-4-29-21(28)18-12-27-11-14(19-10-24-22(30-19)25-13(2)3)9-16(20(27)26-18)15-7-5-6-8-17(15)23/h5-13H,4H2,1-3H3,(H,24,25). The van der Waals surface area contributed by atoms with E-state index in [1.165, 1.54) is 17.4 Å². The number of pyridine rings is 1. The summed E-state index contributed by atoms with van der Waals surface area (Å²) >= 11 is 1.51. The highest BCUT2D eigenvalue weighted by molar-refractivity contribution is 7.18. The first-order valence-corrected chi connectivity index (χ1v) is 10.5. The monoisotopic (exact) mass is 424 g/mol. The number of nitrogens with one attached hydrogen (secondary N) is 1. The van der Waals surface area contributed by atoms with Gasteiger partial charge in [-0.2, -0.15) is 0 Å². The van der Waals surface area contributed by atoms with Gasteiger partial charge >= 0.3 is 5.97 Å². The molecule has 6 nitrogen and oxygen atoms in total. The van der Waals surface area contributed by atoms with Crippen molar-refractivity contribution < 1.29 is 13.9 Å². The van der Waals surface area contributed by atoms with E-state index in [-0.39, 0.29) is 24.2 Å². The summed E-state index contributed by atoms with van der Waals surface area (Å²) < 4.78 is 21.4. The lowest BCUT2D eigenvalue weighted by Gasteiger charge is -2.08. The molecule has 4 rings (SSSR count). The van der Waals surface area contributed by atoms with Crippen LogP contribution < -0.4 is 5.32 Å². The molecule has 0 bridgehead atoms. The summed E-state index contributed by atoms with van der Waals surface area (Å²) in [6, 6.07) is 8.66. The van der Waals surface area contributed by atoms with Gasteiger partial charge in [0.05, 0.1) is 11.5 Å². The van der Waals surface area contributed by atoms with E-state index in [2.05, 4.69) is 15.3 Å². The maximum absolute atomic E-state index is 14.6. The molecule has 0 atom stereocenters. The lowest BCUT2D eigenvalue weighted by Crippen LogP contribution is -2.08. The Morgan fingerprint density at radius 1 is 1.27 bits per heavy atom. The fourth-order valence-electron chi connectivity index (χ4n) is 3.14. The molecule has 0 saturated carbocycles. The van der Waals surface area contributed by atoms with Crippen molar-refractivity contribution in [1.29, 1.82) is 0 Å². The average Bonchev–Trinajstić information content (AvgIpc) is 3.34. The Balaban J connectivity index is 1.89. The molecule has 1 aromatic carbocycles. The highest BCUT2D eigenvalue weighted by atomic mass is 32.1. The summed E-state index contributed by atoms with van der Waals surface area (Å²) in [7, 11) is 0. The van der Waals surface area contributed by atoms with Crippen molar-refractivity contribution in [2.75, 3.05) is 11.9 Å². The largest absolute Gasteiger partial charge is 0.461 e. The summed E-state index contributed by atoms with van der Waals surface area (Å²) in [5, 5.41) is 4.10. The number of hydrogen-bond donors (Lipinski definition) is 1. The fourth-order valence-corrected chi connectivity index (χ4v) is 4.08. The number of rotatable bonds is 6. The highest BCUT2D eigenvalue weighted by Gasteiger charge is 2.18. The van der Waals surface area contributed by atoms with Crippen LogP contribution in [0.4, 0.5) is 9.52 Å². The van der Waals surface area contributed by atoms with Gasteiger partial charge in [0.25, 0.3) is 0 Å². The van der Waals surface area contributed by atoms with E-state index < -0.39 is 5.97 Å². The van der Waals surface area contributed by atoms with Gasteiger partial charge in [-0.3, -0.25) is 0 Å². The second kappa shape index (κ2) is 8.23. The molecule has 0 radical (unpaired) electrons. The number of hydrogen-bond acceptors (Lipinski definition) is 6. The smallest absolute Gasteiger partial charge is 0.358 e. The van der Waals surface area contributed by atoms with Gasteiger partial charge in [-0.25, -0.2) is 19.2 Å². The lowest BCUT2D eigenvalue weighted by molar-refractivity contribution is 0.0520. The third-order valence-corrected chi connectivity index (χ3v) is 5.38. The second-order valence-electron chi connectivity index (χ2n) is 7.03. The van der Waals surface area contributed by atoms with Crippen molar-refractivity contribution in [3.8, 4) is 21.6 Å². The Morgan fingerprint density at radius 3 is 2.80 bits per heavy atom. The fraction of sp³-hybridized carbons (Fsp3) is 0.227. The molecule has 0 unspecified atom stereocenters. The van der Waals surface area contributed by atoms with Crippen molar-refractivity contribution >= 4 is 28.1 Å². The highest BCUT2D eigenvalue weighted by Crippen LogP contribution is 2.35. The third-order valence-electron chi connectivity index (χ3n) is 4.40. The Bertz CT molecular complexity index is 1220. The van der Waals surface area contributed by atoms with Crippen LogP contribution in [0.3, 0.4) is 0 Å². The van der Waals surface area contributed by atoms with Crippen LogP contribution in [0.1, 0.15) is 31.3 Å². The first-order chi connectivity index (χ1) is 14.5. The molecule has 0 aliphatic rings. The first kappa shape index (κ1) is 20.0. The van der Waals surface area contributed by atoms with Gasteiger partial charge < -0.3 is 14.5 Å². The molecular weight excluding hydrogens is 403 g/mol. The molecule has 3 aromatic heterocycles. The van der Waals surface area contributed by atoms with Gasteiger partial charge in [-0.15, -0.1) is 0 Å². The number of anilines is 1. The van der Waals surface area contributed by atoms with E-state index >= 15 is 0 Å². The number of nitrogens with zero attached hydrogens (tertiary/aromatic N) is 3. The molecule has 4 aromatic rings. The topological polar surface area (TPSA) is 68.5 Å². The van der Waals surface area contributed by atoms with Crippen molar-refractivity contribution in [3.05, 3.63) is 60.4 Å². The van der Waals surface area contributed by atoms with Crippen LogP contribution in [0.5, 0.6) is 0 Å².